The summed E-state index contributed by atoms with van der Waals surface area (Å²) in [6.45, 7) is 3.93. The summed E-state index contributed by atoms with van der Waals surface area (Å²) in [5.74, 6) is -0.874. The van der Waals surface area contributed by atoms with Crippen molar-refractivity contribution in [3.63, 3.8) is 0 Å². The SMILES string of the molecule is CC(C)C[C@H](NC(=O)Cc1ccc2nc(Nc3cccc(C#N)c3)oc2c1)C(=O)NC(CC(=O)O)c1ccc2c(c1)OCO2. The minimum absolute atomic E-state index is 0.0216. The Morgan fingerprint density at radius 3 is 2.61 bits per heavy atom. The molecule has 3 aromatic carbocycles. The van der Waals surface area contributed by atoms with Crippen LogP contribution >= 0.6 is 0 Å². The number of carboxylic acid groups (broad SMARTS) is 1. The van der Waals surface area contributed by atoms with E-state index in [-0.39, 0.29) is 37.5 Å². The van der Waals surface area contributed by atoms with Gasteiger partial charge < -0.3 is 34.9 Å². The molecular formula is C32H31N5O7. The summed E-state index contributed by atoms with van der Waals surface area (Å²) < 4.78 is 16.6. The molecule has 1 aliphatic rings. The lowest BCUT2D eigenvalue weighted by molar-refractivity contribution is -0.138. The van der Waals surface area contributed by atoms with Gasteiger partial charge in [0.1, 0.15) is 11.6 Å². The molecule has 1 aromatic heterocycles. The summed E-state index contributed by atoms with van der Waals surface area (Å²) in [4.78, 5) is 42.6. The highest BCUT2D eigenvalue weighted by molar-refractivity contribution is 5.89. The average Bonchev–Trinajstić information content (AvgIpc) is 3.61. The highest BCUT2D eigenvalue weighted by atomic mass is 16.7. The lowest BCUT2D eigenvalue weighted by atomic mass is 9.99. The minimum atomic E-state index is -1.09. The van der Waals surface area contributed by atoms with Crippen LogP contribution in [0.4, 0.5) is 11.7 Å². The first-order valence-corrected chi connectivity index (χ1v) is 14.0. The first kappa shape index (κ1) is 29.9. The summed E-state index contributed by atoms with van der Waals surface area (Å²) in [7, 11) is 0. The number of hydrogen-bond acceptors (Lipinski definition) is 9. The molecule has 4 aromatic rings. The van der Waals surface area contributed by atoms with Gasteiger partial charge in [-0.25, -0.2) is 0 Å². The van der Waals surface area contributed by atoms with E-state index < -0.39 is 24.0 Å². The highest BCUT2D eigenvalue weighted by Crippen LogP contribution is 2.35. The number of hydrogen-bond donors (Lipinski definition) is 4. The zero-order valence-corrected chi connectivity index (χ0v) is 24.1. The third-order valence-electron chi connectivity index (χ3n) is 6.91. The number of anilines is 2. The summed E-state index contributed by atoms with van der Waals surface area (Å²) in [6.07, 6.45) is -0.0284. The summed E-state index contributed by atoms with van der Waals surface area (Å²) in [6, 6.07) is 17.7. The van der Waals surface area contributed by atoms with Crippen LogP contribution in [0.2, 0.25) is 0 Å². The van der Waals surface area contributed by atoms with Gasteiger partial charge in [0.15, 0.2) is 17.1 Å². The first-order chi connectivity index (χ1) is 21.2. The molecular weight excluding hydrogens is 566 g/mol. The van der Waals surface area contributed by atoms with Crippen LogP contribution in [0.1, 0.15) is 49.4 Å². The van der Waals surface area contributed by atoms with Crippen LogP contribution in [0.3, 0.4) is 0 Å². The van der Waals surface area contributed by atoms with E-state index >= 15 is 0 Å². The van der Waals surface area contributed by atoms with Crippen LogP contribution in [0.15, 0.2) is 65.1 Å². The number of aromatic nitrogens is 1. The number of fused-ring (bicyclic) bond motifs is 2. The Balaban J connectivity index is 1.26. The maximum Gasteiger partial charge on any atom is 0.305 e. The van der Waals surface area contributed by atoms with Gasteiger partial charge in [0, 0.05) is 5.69 Å². The van der Waals surface area contributed by atoms with Crippen molar-refractivity contribution in [1.29, 1.82) is 5.26 Å². The Bertz CT molecular complexity index is 1740. The molecule has 0 saturated heterocycles. The smallest absolute Gasteiger partial charge is 0.305 e. The molecule has 1 unspecified atom stereocenters. The monoisotopic (exact) mass is 597 g/mol. The van der Waals surface area contributed by atoms with Crippen LogP contribution in [0.25, 0.3) is 11.1 Å². The molecule has 44 heavy (non-hydrogen) atoms. The van der Waals surface area contributed by atoms with Crippen LogP contribution < -0.4 is 25.4 Å². The second-order valence-corrected chi connectivity index (χ2v) is 10.8. The van der Waals surface area contributed by atoms with Crippen LogP contribution in [-0.4, -0.2) is 40.7 Å². The van der Waals surface area contributed by atoms with Gasteiger partial charge in [0.05, 0.1) is 30.5 Å². The Morgan fingerprint density at radius 2 is 1.84 bits per heavy atom. The minimum Gasteiger partial charge on any atom is -0.481 e. The third kappa shape index (κ3) is 7.43. The number of nitrogens with one attached hydrogen (secondary N) is 3. The Kier molecular flexibility index (Phi) is 8.95. The molecule has 2 heterocycles. The fourth-order valence-corrected chi connectivity index (χ4v) is 4.89. The Hall–Kier alpha value is -5.57. The Morgan fingerprint density at radius 1 is 1.02 bits per heavy atom. The largest absolute Gasteiger partial charge is 0.481 e. The van der Waals surface area contributed by atoms with Crippen molar-refractivity contribution >= 4 is 40.6 Å². The number of carbonyl (C=O) groups excluding carboxylic acids is 2. The molecule has 226 valence electrons. The Labute approximate surface area is 253 Å². The number of nitrogens with zero attached hydrogens (tertiary/aromatic N) is 2. The molecule has 5 rings (SSSR count). The maximum absolute atomic E-state index is 13.4. The van der Waals surface area contributed by atoms with E-state index in [2.05, 4.69) is 27.0 Å². The van der Waals surface area contributed by atoms with E-state index in [4.69, 9.17) is 19.2 Å². The van der Waals surface area contributed by atoms with E-state index in [1.165, 1.54) is 0 Å². The normalized spacial score (nSPS) is 13.2. The highest BCUT2D eigenvalue weighted by Gasteiger charge is 2.27. The van der Waals surface area contributed by atoms with E-state index in [1.807, 2.05) is 13.8 Å². The van der Waals surface area contributed by atoms with Crippen LogP contribution in [-0.2, 0) is 20.8 Å². The molecule has 2 amide bonds. The zero-order valence-electron chi connectivity index (χ0n) is 24.1. The number of amides is 2. The quantitative estimate of drug-likeness (QED) is 0.181. The topological polar surface area (TPSA) is 176 Å². The predicted octanol–water partition coefficient (Wildman–Crippen LogP) is 4.58. The number of oxazole rings is 1. The number of ether oxygens (including phenoxy) is 2. The van der Waals surface area contributed by atoms with E-state index in [1.54, 1.807) is 60.7 Å². The molecule has 4 N–H and O–H groups in total. The van der Waals surface area contributed by atoms with Gasteiger partial charge in [-0.15, -0.1) is 0 Å². The second-order valence-electron chi connectivity index (χ2n) is 10.8. The summed E-state index contributed by atoms with van der Waals surface area (Å²) >= 11 is 0. The van der Waals surface area contributed by atoms with Crippen LogP contribution in [0.5, 0.6) is 11.5 Å². The molecule has 0 fully saturated rings. The number of carboxylic acids is 1. The number of benzene rings is 3. The fourth-order valence-electron chi connectivity index (χ4n) is 4.89. The first-order valence-electron chi connectivity index (χ1n) is 14.0. The zero-order chi connectivity index (χ0) is 31.2. The maximum atomic E-state index is 13.4. The third-order valence-corrected chi connectivity index (χ3v) is 6.91. The molecule has 1 aliphatic heterocycles. The number of aliphatic carboxylic acids is 1. The van der Waals surface area contributed by atoms with Gasteiger partial charge >= 0.3 is 5.97 Å². The van der Waals surface area contributed by atoms with Gasteiger partial charge in [0.2, 0.25) is 18.6 Å². The van der Waals surface area contributed by atoms with Crippen molar-refractivity contribution in [2.75, 3.05) is 12.1 Å². The lowest BCUT2D eigenvalue weighted by Crippen LogP contribution is -2.49. The van der Waals surface area contributed by atoms with Crippen molar-refractivity contribution in [2.24, 2.45) is 5.92 Å². The van der Waals surface area contributed by atoms with Gasteiger partial charge in [-0.05, 0) is 65.9 Å². The van der Waals surface area contributed by atoms with E-state index in [0.29, 0.717) is 51.4 Å². The van der Waals surface area contributed by atoms with Crippen molar-refractivity contribution in [3.8, 4) is 17.6 Å². The molecule has 12 heteroatoms. The van der Waals surface area contributed by atoms with Crippen molar-refractivity contribution in [2.45, 2.75) is 45.2 Å². The molecule has 0 bridgehead atoms. The van der Waals surface area contributed by atoms with Gasteiger partial charge in [-0.2, -0.15) is 10.2 Å². The lowest BCUT2D eigenvalue weighted by Gasteiger charge is -2.24. The van der Waals surface area contributed by atoms with Gasteiger partial charge in [-0.3, -0.25) is 14.4 Å². The molecule has 0 aliphatic carbocycles. The molecule has 0 saturated carbocycles. The number of nitriles is 1. The molecule has 0 radical (unpaired) electrons. The van der Waals surface area contributed by atoms with Gasteiger partial charge in [-0.1, -0.05) is 32.0 Å². The van der Waals surface area contributed by atoms with Crippen LogP contribution in [0, 0.1) is 17.2 Å². The average molecular weight is 598 g/mol. The van der Waals surface area contributed by atoms with Crippen molar-refractivity contribution in [3.05, 3.63) is 77.4 Å². The fraction of sp³-hybridized carbons (Fsp3) is 0.281. The van der Waals surface area contributed by atoms with Crippen molar-refractivity contribution in [1.82, 2.24) is 15.6 Å². The second kappa shape index (κ2) is 13.2. The molecule has 2 atom stereocenters. The van der Waals surface area contributed by atoms with E-state index in [0.717, 1.165) is 0 Å². The molecule has 12 nitrogen and oxygen atoms in total. The summed E-state index contributed by atoms with van der Waals surface area (Å²) in [5, 5.41) is 27.3. The standard InChI is InChI=1S/C32H31N5O7/c1-18(2)10-25(31(41)36-24(15-30(39)40)21-7-9-26-28(14-21)43-17-42-26)35-29(38)13-19-6-8-23-27(12-19)44-32(37-23)34-22-5-3-4-20(11-22)16-33/h3-9,11-12,14,18,24-25H,10,13,15,17H2,1-2H3,(H,34,37)(H,35,38)(H,36,41)(H,39,40)/t24?,25-/m0/s1. The molecule has 0 spiro atoms. The number of rotatable bonds is 12. The van der Waals surface area contributed by atoms with E-state index in [9.17, 15) is 19.5 Å². The summed E-state index contributed by atoms with van der Waals surface area (Å²) in [5.41, 5.74) is 3.38. The van der Waals surface area contributed by atoms with Crippen molar-refractivity contribution < 1.29 is 33.4 Å². The predicted molar refractivity (Wildman–Crippen MR) is 159 cm³/mol. The number of carbonyl (C=O) groups is 3. The van der Waals surface area contributed by atoms with Gasteiger partial charge in [0.25, 0.3) is 6.01 Å².